The van der Waals surface area contributed by atoms with Gasteiger partial charge in [-0.05, 0) is 24.5 Å². The Morgan fingerprint density at radius 2 is 2.06 bits per heavy atom. The molecule has 4 heteroatoms. The van der Waals surface area contributed by atoms with Gasteiger partial charge >= 0.3 is 0 Å². The summed E-state index contributed by atoms with van der Waals surface area (Å²) in [5, 5.41) is 0. The lowest BCUT2D eigenvalue weighted by Gasteiger charge is -2.10. The van der Waals surface area contributed by atoms with Crippen LogP contribution in [0.5, 0.6) is 5.88 Å². The topological polar surface area (TPSA) is 57.4 Å². The van der Waals surface area contributed by atoms with E-state index in [2.05, 4.69) is 18.8 Å². The molecule has 0 saturated carbocycles. The zero-order chi connectivity index (χ0) is 12.7. The second kappa shape index (κ2) is 7.25. The Morgan fingerprint density at radius 3 is 2.71 bits per heavy atom. The number of hydrogen-bond acceptors (Lipinski definition) is 4. The van der Waals surface area contributed by atoms with Gasteiger partial charge in [0.25, 0.3) is 0 Å². The van der Waals surface area contributed by atoms with Crippen molar-refractivity contribution in [2.24, 2.45) is 11.7 Å². The van der Waals surface area contributed by atoms with Crippen LogP contribution >= 0.6 is 0 Å². The Kier molecular flexibility index (Phi) is 5.94. The summed E-state index contributed by atoms with van der Waals surface area (Å²) >= 11 is 0. The van der Waals surface area contributed by atoms with Crippen LogP contribution in [0.25, 0.3) is 0 Å². The van der Waals surface area contributed by atoms with E-state index in [4.69, 9.17) is 15.2 Å². The highest BCUT2D eigenvalue weighted by Crippen LogP contribution is 2.14. The molecule has 0 spiro atoms. The van der Waals surface area contributed by atoms with Gasteiger partial charge in [0.05, 0.1) is 6.61 Å². The maximum atomic E-state index is 5.78. The van der Waals surface area contributed by atoms with Crippen molar-refractivity contribution in [1.29, 1.82) is 0 Å². The number of aromatic nitrogens is 1. The number of rotatable bonds is 7. The average Bonchev–Trinajstić information content (AvgIpc) is 2.28. The van der Waals surface area contributed by atoms with E-state index >= 15 is 0 Å². The first kappa shape index (κ1) is 13.9. The van der Waals surface area contributed by atoms with Crippen molar-refractivity contribution in [3.05, 3.63) is 23.9 Å². The molecule has 0 unspecified atom stereocenters. The van der Waals surface area contributed by atoms with Crippen LogP contribution in [0.4, 0.5) is 0 Å². The molecule has 0 saturated heterocycles. The van der Waals surface area contributed by atoms with E-state index in [-0.39, 0.29) is 6.04 Å². The van der Waals surface area contributed by atoms with Crippen LogP contribution in [0.15, 0.2) is 18.3 Å². The molecule has 4 nitrogen and oxygen atoms in total. The number of nitrogens with two attached hydrogens (primary N) is 1. The molecule has 0 amide bonds. The van der Waals surface area contributed by atoms with Crippen LogP contribution < -0.4 is 10.5 Å². The molecule has 1 heterocycles. The number of hydrogen-bond donors (Lipinski definition) is 1. The largest absolute Gasteiger partial charge is 0.475 e. The van der Waals surface area contributed by atoms with Crippen LogP contribution in [0, 0.1) is 5.92 Å². The molecular weight excluding hydrogens is 216 g/mol. The Bertz CT molecular complexity index is 327. The minimum Gasteiger partial charge on any atom is -0.475 e. The smallest absolute Gasteiger partial charge is 0.213 e. The lowest BCUT2D eigenvalue weighted by molar-refractivity contribution is 0.0806. The third kappa shape index (κ3) is 5.65. The van der Waals surface area contributed by atoms with Gasteiger partial charge in [0, 0.05) is 24.9 Å². The van der Waals surface area contributed by atoms with Crippen LogP contribution in [0.3, 0.4) is 0 Å². The van der Waals surface area contributed by atoms with Crippen molar-refractivity contribution >= 4 is 0 Å². The SMILES string of the molecule is CC(C)COCCOc1cc([C@@H](C)N)ccn1. The second-order valence-corrected chi connectivity index (χ2v) is 4.53. The van der Waals surface area contributed by atoms with Crippen molar-refractivity contribution in [2.45, 2.75) is 26.8 Å². The quantitative estimate of drug-likeness (QED) is 0.739. The van der Waals surface area contributed by atoms with E-state index < -0.39 is 0 Å². The van der Waals surface area contributed by atoms with Gasteiger partial charge in [-0.1, -0.05) is 13.8 Å². The highest BCUT2D eigenvalue weighted by Gasteiger charge is 2.02. The first-order chi connectivity index (χ1) is 8.09. The summed E-state index contributed by atoms with van der Waals surface area (Å²) in [7, 11) is 0. The van der Waals surface area contributed by atoms with E-state index in [1.54, 1.807) is 6.20 Å². The van der Waals surface area contributed by atoms with Gasteiger partial charge < -0.3 is 15.2 Å². The summed E-state index contributed by atoms with van der Waals surface area (Å²) in [5.74, 6) is 1.16. The molecule has 0 aliphatic rings. The van der Waals surface area contributed by atoms with E-state index in [1.165, 1.54) is 0 Å². The molecule has 1 aromatic heterocycles. The van der Waals surface area contributed by atoms with E-state index in [0.717, 1.165) is 12.2 Å². The molecule has 0 aliphatic heterocycles. The maximum Gasteiger partial charge on any atom is 0.213 e. The van der Waals surface area contributed by atoms with Crippen molar-refractivity contribution in [1.82, 2.24) is 4.98 Å². The molecule has 0 bridgehead atoms. The molecule has 0 radical (unpaired) electrons. The molecule has 2 N–H and O–H groups in total. The molecule has 1 aromatic rings. The van der Waals surface area contributed by atoms with Crippen molar-refractivity contribution in [3.8, 4) is 5.88 Å². The molecule has 1 atom stereocenters. The third-order valence-electron chi connectivity index (χ3n) is 2.21. The summed E-state index contributed by atoms with van der Waals surface area (Å²) in [5.41, 5.74) is 6.81. The predicted octanol–water partition coefficient (Wildman–Crippen LogP) is 2.15. The molecular formula is C13H22N2O2. The average molecular weight is 238 g/mol. The number of ether oxygens (including phenoxy) is 2. The minimum absolute atomic E-state index is 0.00228. The molecule has 0 aromatic carbocycles. The van der Waals surface area contributed by atoms with Crippen LogP contribution in [-0.4, -0.2) is 24.8 Å². The van der Waals surface area contributed by atoms with Crippen molar-refractivity contribution in [3.63, 3.8) is 0 Å². The number of nitrogens with zero attached hydrogens (tertiary/aromatic N) is 1. The zero-order valence-corrected chi connectivity index (χ0v) is 10.8. The maximum absolute atomic E-state index is 5.78. The summed E-state index contributed by atoms with van der Waals surface area (Å²) in [6, 6.07) is 3.76. The fourth-order valence-electron chi connectivity index (χ4n) is 1.31. The highest BCUT2D eigenvalue weighted by atomic mass is 16.5. The van der Waals surface area contributed by atoms with Gasteiger partial charge in [-0.25, -0.2) is 4.98 Å². The lowest BCUT2D eigenvalue weighted by atomic mass is 10.1. The minimum atomic E-state index is -0.00228. The number of pyridine rings is 1. The van der Waals surface area contributed by atoms with Gasteiger partial charge in [-0.2, -0.15) is 0 Å². The molecule has 17 heavy (non-hydrogen) atoms. The Hall–Kier alpha value is -1.13. The van der Waals surface area contributed by atoms with E-state index in [1.807, 2.05) is 19.1 Å². The van der Waals surface area contributed by atoms with Gasteiger partial charge in [0.15, 0.2) is 0 Å². The summed E-state index contributed by atoms with van der Waals surface area (Å²) in [4.78, 5) is 4.12. The standard InChI is InChI=1S/C13H22N2O2/c1-10(2)9-16-6-7-17-13-8-12(11(3)14)4-5-15-13/h4-5,8,10-11H,6-7,9,14H2,1-3H3/t11-/m1/s1. The first-order valence-corrected chi connectivity index (χ1v) is 6.01. The van der Waals surface area contributed by atoms with Gasteiger partial charge in [-0.15, -0.1) is 0 Å². The normalized spacial score (nSPS) is 12.8. The second-order valence-electron chi connectivity index (χ2n) is 4.53. The molecule has 1 rings (SSSR count). The van der Waals surface area contributed by atoms with E-state index in [9.17, 15) is 0 Å². The van der Waals surface area contributed by atoms with Crippen molar-refractivity contribution < 1.29 is 9.47 Å². The fourth-order valence-corrected chi connectivity index (χ4v) is 1.31. The Labute approximate surface area is 103 Å². The van der Waals surface area contributed by atoms with E-state index in [0.29, 0.717) is 25.0 Å². The van der Waals surface area contributed by atoms with Crippen LogP contribution in [-0.2, 0) is 4.74 Å². The molecule has 96 valence electrons. The molecule has 0 aliphatic carbocycles. The van der Waals surface area contributed by atoms with Gasteiger partial charge in [0.1, 0.15) is 6.61 Å². The summed E-state index contributed by atoms with van der Waals surface area (Å²) in [6.45, 7) is 8.04. The van der Waals surface area contributed by atoms with Gasteiger partial charge in [0.2, 0.25) is 5.88 Å². The van der Waals surface area contributed by atoms with Gasteiger partial charge in [-0.3, -0.25) is 0 Å². The zero-order valence-electron chi connectivity index (χ0n) is 10.8. The Morgan fingerprint density at radius 1 is 1.29 bits per heavy atom. The third-order valence-corrected chi connectivity index (χ3v) is 2.21. The summed E-state index contributed by atoms with van der Waals surface area (Å²) < 4.78 is 10.9. The predicted molar refractivity (Wildman–Crippen MR) is 68.0 cm³/mol. The lowest BCUT2D eigenvalue weighted by Crippen LogP contribution is -2.11. The summed E-state index contributed by atoms with van der Waals surface area (Å²) in [6.07, 6.45) is 1.71. The van der Waals surface area contributed by atoms with Crippen molar-refractivity contribution in [2.75, 3.05) is 19.8 Å². The van der Waals surface area contributed by atoms with Crippen LogP contribution in [0.1, 0.15) is 32.4 Å². The monoisotopic (exact) mass is 238 g/mol. The first-order valence-electron chi connectivity index (χ1n) is 6.01. The fraction of sp³-hybridized carbons (Fsp3) is 0.615. The molecule has 0 fully saturated rings. The van der Waals surface area contributed by atoms with Crippen LogP contribution in [0.2, 0.25) is 0 Å². The Balaban J connectivity index is 2.29. The highest BCUT2D eigenvalue weighted by molar-refractivity contribution is 5.22.